The van der Waals surface area contributed by atoms with E-state index >= 15 is 0 Å². The number of rotatable bonds is 2. The smallest absolute Gasteiger partial charge is 0.284 e. The largest absolute Gasteiger partial charge is 0.348 e. The lowest BCUT2D eigenvalue weighted by atomic mass is 10.3. The predicted molar refractivity (Wildman–Crippen MR) is 48.8 cm³/mol. The Labute approximate surface area is 81.0 Å². The SMILES string of the molecule is C[C@H]([NH3+])c1nc(-c2cccnc2)no1. The summed E-state index contributed by atoms with van der Waals surface area (Å²) in [7, 11) is 0. The molecular formula is C9H11N4O+. The number of aromatic nitrogens is 3. The molecule has 0 amide bonds. The molecule has 5 heteroatoms. The van der Waals surface area contributed by atoms with Crippen LogP contribution in [0.1, 0.15) is 18.9 Å². The van der Waals surface area contributed by atoms with Crippen molar-refractivity contribution in [3.63, 3.8) is 0 Å². The van der Waals surface area contributed by atoms with Crippen molar-refractivity contribution < 1.29 is 10.3 Å². The molecule has 72 valence electrons. The number of hydrogen-bond donors (Lipinski definition) is 1. The van der Waals surface area contributed by atoms with Crippen LogP contribution >= 0.6 is 0 Å². The summed E-state index contributed by atoms with van der Waals surface area (Å²) in [6.45, 7) is 1.90. The normalized spacial score (nSPS) is 12.7. The number of pyridine rings is 1. The highest BCUT2D eigenvalue weighted by Crippen LogP contribution is 2.15. The first-order valence-electron chi connectivity index (χ1n) is 4.34. The Balaban J connectivity index is 2.34. The summed E-state index contributed by atoms with van der Waals surface area (Å²) >= 11 is 0. The van der Waals surface area contributed by atoms with Crippen LogP contribution in [0.15, 0.2) is 29.0 Å². The van der Waals surface area contributed by atoms with Gasteiger partial charge in [0.25, 0.3) is 5.89 Å². The van der Waals surface area contributed by atoms with E-state index in [1.165, 1.54) is 0 Å². The number of hydrogen-bond acceptors (Lipinski definition) is 4. The summed E-state index contributed by atoms with van der Waals surface area (Å²) in [5.74, 6) is 1.10. The van der Waals surface area contributed by atoms with Crippen LogP contribution in [-0.4, -0.2) is 15.1 Å². The molecule has 5 nitrogen and oxygen atoms in total. The van der Waals surface area contributed by atoms with Gasteiger partial charge in [-0.2, -0.15) is 4.98 Å². The van der Waals surface area contributed by atoms with Gasteiger partial charge in [-0.3, -0.25) is 4.98 Å². The van der Waals surface area contributed by atoms with Gasteiger partial charge in [-0.25, -0.2) is 0 Å². The maximum atomic E-state index is 5.03. The molecule has 2 aromatic rings. The minimum Gasteiger partial charge on any atom is -0.348 e. The lowest BCUT2D eigenvalue weighted by Gasteiger charge is -1.91. The highest BCUT2D eigenvalue weighted by atomic mass is 16.5. The van der Waals surface area contributed by atoms with Crippen LogP contribution in [0.4, 0.5) is 0 Å². The highest BCUT2D eigenvalue weighted by molar-refractivity contribution is 5.51. The maximum absolute atomic E-state index is 5.03. The van der Waals surface area contributed by atoms with Gasteiger partial charge in [-0.1, -0.05) is 5.16 Å². The third-order valence-corrected chi connectivity index (χ3v) is 1.78. The summed E-state index contributed by atoms with van der Waals surface area (Å²) in [5, 5.41) is 3.84. The molecular weight excluding hydrogens is 180 g/mol. The molecule has 0 radical (unpaired) electrons. The number of quaternary nitrogens is 1. The molecule has 1 atom stereocenters. The van der Waals surface area contributed by atoms with Gasteiger partial charge in [0.05, 0.1) is 0 Å². The van der Waals surface area contributed by atoms with E-state index in [-0.39, 0.29) is 6.04 Å². The van der Waals surface area contributed by atoms with E-state index in [0.717, 1.165) is 5.56 Å². The standard InChI is InChI=1S/C9H10N4O/c1-6(10)9-12-8(13-14-9)7-3-2-4-11-5-7/h2-6H,10H2,1H3/p+1/t6-/m0/s1. The minimum atomic E-state index is 0.00733. The quantitative estimate of drug-likeness (QED) is 0.746. The molecule has 0 aliphatic heterocycles. The molecule has 14 heavy (non-hydrogen) atoms. The van der Waals surface area contributed by atoms with Gasteiger partial charge in [-0.15, -0.1) is 0 Å². The van der Waals surface area contributed by atoms with Crippen LogP contribution in [0.2, 0.25) is 0 Å². The number of nitrogens with zero attached hydrogens (tertiary/aromatic N) is 3. The van der Waals surface area contributed by atoms with Crippen molar-refractivity contribution in [2.75, 3.05) is 0 Å². The van der Waals surface area contributed by atoms with Gasteiger partial charge < -0.3 is 10.3 Å². The van der Waals surface area contributed by atoms with Gasteiger partial charge in [0.15, 0.2) is 6.04 Å². The van der Waals surface area contributed by atoms with Crippen LogP contribution in [0, 0.1) is 0 Å². The van der Waals surface area contributed by atoms with Crippen molar-refractivity contribution in [3.8, 4) is 11.4 Å². The van der Waals surface area contributed by atoms with E-state index in [9.17, 15) is 0 Å². The second-order valence-corrected chi connectivity index (χ2v) is 3.10. The van der Waals surface area contributed by atoms with Crippen molar-refractivity contribution in [3.05, 3.63) is 30.4 Å². The van der Waals surface area contributed by atoms with Crippen molar-refractivity contribution in [1.82, 2.24) is 15.1 Å². The molecule has 0 bridgehead atoms. The highest BCUT2D eigenvalue weighted by Gasteiger charge is 2.13. The Morgan fingerprint density at radius 1 is 1.50 bits per heavy atom. The van der Waals surface area contributed by atoms with E-state index in [2.05, 4.69) is 20.9 Å². The molecule has 0 aliphatic rings. The van der Waals surface area contributed by atoms with Crippen molar-refractivity contribution in [2.24, 2.45) is 0 Å². The van der Waals surface area contributed by atoms with Crippen LogP contribution < -0.4 is 5.73 Å². The fourth-order valence-corrected chi connectivity index (χ4v) is 1.05. The molecule has 2 heterocycles. The Kier molecular flexibility index (Phi) is 2.24. The van der Waals surface area contributed by atoms with Gasteiger partial charge in [0, 0.05) is 18.0 Å². The van der Waals surface area contributed by atoms with E-state index in [1.807, 2.05) is 19.1 Å². The molecule has 0 fully saturated rings. The fraction of sp³-hybridized carbons (Fsp3) is 0.222. The van der Waals surface area contributed by atoms with E-state index in [0.29, 0.717) is 11.7 Å². The Morgan fingerprint density at radius 3 is 2.93 bits per heavy atom. The molecule has 0 spiro atoms. The first-order chi connectivity index (χ1) is 6.77. The van der Waals surface area contributed by atoms with Crippen LogP contribution in [0.3, 0.4) is 0 Å². The molecule has 3 N–H and O–H groups in total. The Morgan fingerprint density at radius 2 is 2.36 bits per heavy atom. The van der Waals surface area contributed by atoms with Crippen molar-refractivity contribution in [2.45, 2.75) is 13.0 Å². The Hall–Kier alpha value is -1.75. The molecule has 2 rings (SSSR count). The van der Waals surface area contributed by atoms with Crippen molar-refractivity contribution >= 4 is 0 Å². The maximum Gasteiger partial charge on any atom is 0.284 e. The third kappa shape index (κ3) is 1.62. The van der Waals surface area contributed by atoms with E-state index in [4.69, 9.17) is 4.52 Å². The summed E-state index contributed by atoms with van der Waals surface area (Å²) in [6, 6.07) is 3.72. The van der Waals surface area contributed by atoms with Crippen LogP contribution in [0.5, 0.6) is 0 Å². The first kappa shape index (κ1) is 8.83. The topological polar surface area (TPSA) is 79.5 Å². The molecule has 0 aliphatic carbocycles. The summed E-state index contributed by atoms with van der Waals surface area (Å²) in [6.07, 6.45) is 3.40. The van der Waals surface area contributed by atoms with Crippen LogP contribution in [0.25, 0.3) is 11.4 Å². The second kappa shape index (κ2) is 3.55. The Bertz CT molecular complexity index is 410. The monoisotopic (exact) mass is 191 g/mol. The molecule has 2 aromatic heterocycles. The van der Waals surface area contributed by atoms with Gasteiger partial charge >= 0.3 is 0 Å². The first-order valence-corrected chi connectivity index (χ1v) is 4.34. The summed E-state index contributed by atoms with van der Waals surface area (Å²) < 4.78 is 5.03. The van der Waals surface area contributed by atoms with Gasteiger partial charge in [0.2, 0.25) is 5.82 Å². The fourth-order valence-electron chi connectivity index (χ4n) is 1.05. The predicted octanol–water partition coefficient (Wildman–Crippen LogP) is 0.435. The van der Waals surface area contributed by atoms with E-state index in [1.54, 1.807) is 12.4 Å². The zero-order valence-corrected chi connectivity index (χ0v) is 7.84. The molecule has 0 unspecified atom stereocenters. The summed E-state index contributed by atoms with van der Waals surface area (Å²) in [4.78, 5) is 8.18. The zero-order valence-electron chi connectivity index (χ0n) is 7.84. The average Bonchev–Trinajstić information content (AvgIpc) is 2.68. The summed E-state index contributed by atoms with van der Waals surface area (Å²) in [5.41, 5.74) is 4.65. The molecule has 0 aromatic carbocycles. The van der Waals surface area contributed by atoms with Crippen LogP contribution in [-0.2, 0) is 0 Å². The average molecular weight is 191 g/mol. The van der Waals surface area contributed by atoms with E-state index < -0.39 is 0 Å². The zero-order chi connectivity index (χ0) is 9.97. The second-order valence-electron chi connectivity index (χ2n) is 3.10. The van der Waals surface area contributed by atoms with Crippen molar-refractivity contribution in [1.29, 1.82) is 0 Å². The molecule has 0 saturated heterocycles. The minimum absolute atomic E-state index is 0.00733. The lowest BCUT2D eigenvalue weighted by molar-refractivity contribution is -0.425. The van der Waals surface area contributed by atoms with Gasteiger partial charge in [0.1, 0.15) is 0 Å². The third-order valence-electron chi connectivity index (χ3n) is 1.78. The van der Waals surface area contributed by atoms with Gasteiger partial charge in [-0.05, 0) is 19.1 Å². The lowest BCUT2D eigenvalue weighted by Crippen LogP contribution is -2.51. The molecule has 0 saturated carbocycles.